The molecule has 0 aliphatic heterocycles. The van der Waals surface area contributed by atoms with Gasteiger partial charge in [0, 0.05) is 16.5 Å². The molecule has 0 bridgehead atoms. The minimum Gasteiger partial charge on any atom is -0.294 e. The van der Waals surface area contributed by atoms with Gasteiger partial charge in [-0.1, -0.05) is 15.9 Å². The molecule has 6 heteroatoms. The predicted octanol–water partition coefficient (Wildman–Crippen LogP) is 4.43. The molecule has 0 spiro atoms. The van der Waals surface area contributed by atoms with Crippen LogP contribution in [0.15, 0.2) is 34.8 Å². The van der Waals surface area contributed by atoms with E-state index in [2.05, 4.69) is 15.9 Å². The zero-order valence-corrected chi connectivity index (χ0v) is 11.5. The number of Topliss-reactive ketones (excluding diaryl/α,β-unsaturated/α-hetero) is 1. The highest BCUT2D eigenvalue weighted by molar-refractivity contribution is 9.10. The predicted molar refractivity (Wildman–Crippen MR) is 68.5 cm³/mol. The van der Waals surface area contributed by atoms with Gasteiger partial charge in [0.25, 0.3) is 0 Å². The summed E-state index contributed by atoms with van der Waals surface area (Å²) in [6.07, 6.45) is -0.379. The molecule has 1 nitrogen and oxygen atoms in total. The summed E-state index contributed by atoms with van der Waals surface area (Å²) in [7, 11) is 0. The molecular weight excluding hydrogens is 340 g/mol. The number of halogens is 5. The van der Waals surface area contributed by atoms with Crippen LogP contribution in [0, 0.1) is 23.3 Å². The standard InChI is InChI=1S/C14H7BrF4O/c15-9-1-2-10(16)7(3-9)6-13(20)8-4-11(17)14(19)12(18)5-8/h1-5H,6H2. The first-order valence-electron chi connectivity index (χ1n) is 5.50. The van der Waals surface area contributed by atoms with Crippen LogP contribution in [0.3, 0.4) is 0 Å². The highest BCUT2D eigenvalue weighted by Gasteiger charge is 2.16. The summed E-state index contributed by atoms with van der Waals surface area (Å²) in [6, 6.07) is 5.20. The van der Waals surface area contributed by atoms with E-state index in [-0.39, 0.29) is 17.5 Å². The lowest BCUT2D eigenvalue weighted by atomic mass is 10.0. The summed E-state index contributed by atoms with van der Waals surface area (Å²) in [5, 5.41) is 0. The number of hydrogen-bond donors (Lipinski definition) is 0. The molecule has 0 fully saturated rings. The summed E-state index contributed by atoms with van der Waals surface area (Å²) in [4.78, 5) is 11.9. The molecule has 0 aromatic heterocycles. The molecule has 0 saturated carbocycles. The first kappa shape index (κ1) is 14.7. The Morgan fingerprint density at radius 1 is 0.950 bits per heavy atom. The number of benzene rings is 2. The van der Waals surface area contributed by atoms with E-state index in [0.717, 1.165) is 0 Å². The molecule has 0 aliphatic carbocycles. The third-order valence-electron chi connectivity index (χ3n) is 2.66. The van der Waals surface area contributed by atoms with Crippen molar-refractivity contribution in [2.75, 3.05) is 0 Å². The van der Waals surface area contributed by atoms with Crippen LogP contribution in [0.1, 0.15) is 15.9 Å². The number of ketones is 1. The van der Waals surface area contributed by atoms with Gasteiger partial charge in [-0.15, -0.1) is 0 Å². The van der Waals surface area contributed by atoms with E-state index < -0.39 is 29.1 Å². The monoisotopic (exact) mass is 346 g/mol. The van der Waals surface area contributed by atoms with Gasteiger partial charge in [0.15, 0.2) is 23.2 Å². The molecule has 0 saturated heterocycles. The van der Waals surface area contributed by atoms with Crippen LogP contribution < -0.4 is 0 Å². The second-order valence-corrected chi connectivity index (χ2v) is 5.01. The Hall–Kier alpha value is -1.69. The lowest BCUT2D eigenvalue weighted by Crippen LogP contribution is -2.07. The van der Waals surface area contributed by atoms with E-state index >= 15 is 0 Å². The van der Waals surface area contributed by atoms with E-state index in [9.17, 15) is 22.4 Å². The topological polar surface area (TPSA) is 17.1 Å². The van der Waals surface area contributed by atoms with E-state index in [0.29, 0.717) is 16.6 Å². The van der Waals surface area contributed by atoms with Crippen molar-refractivity contribution in [2.45, 2.75) is 6.42 Å². The van der Waals surface area contributed by atoms with Crippen LogP contribution in [0.2, 0.25) is 0 Å². The minimum atomic E-state index is -1.64. The molecule has 104 valence electrons. The Morgan fingerprint density at radius 3 is 2.15 bits per heavy atom. The SMILES string of the molecule is O=C(Cc1cc(Br)ccc1F)c1cc(F)c(F)c(F)c1. The van der Waals surface area contributed by atoms with Crippen LogP contribution in [-0.4, -0.2) is 5.78 Å². The van der Waals surface area contributed by atoms with Gasteiger partial charge in [-0.05, 0) is 35.9 Å². The van der Waals surface area contributed by atoms with Gasteiger partial charge in [-0.25, -0.2) is 17.6 Å². The zero-order chi connectivity index (χ0) is 14.9. The Balaban J connectivity index is 2.31. The Morgan fingerprint density at radius 2 is 1.55 bits per heavy atom. The molecule has 0 atom stereocenters. The molecule has 2 aromatic rings. The van der Waals surface area contributed by atoms with E-state index in [1.54, 1.807) is 0 Å². The van der Waals surface area contributed by atoms with E-state index in [1.165, 1.54) is 18.2 Å². The molecule has 20 heavy (non-hydrogen) atoms. The van der Waals surface area contributed by atoms with Crippen molar-refractivity contribution in [3.63, 3.8) is 0 Å². The molecule has 0 N–H and O–H groups in total. The van der Waals surface area contributed by atoms with Gasteiger partial charge in [0.2, 0.25) is 0 Å². The van der Waals surface area contributed by atoms with Crippen molar-refractivity contribution in [2.24, 2.45) is 0 Å². The normalized spacial score (nSPS) is 10.7. The second-order valence-electron chi connectivity index (χ2n) is 4.09. The molecule has 2 aromatic carbocycles. The lowest BCUT2D eigenvalue weighted by molar-refractivity contribution is 0.0990. The number of hydrogen-bond acceptors (Lipinski definition) is 1. The molecule has 0 amide bonds. The molecule has 0 heterocycles. The van der Waals surface area contributed by atoms with Crippen LogP contribution in [0.25, 0.3) is 0 Å². The van der Waals surface area contributed by atoms with Crippen LogP contribution >= 0.6 is 15.9 Å². The van der Waals surface area contributed by atoms with Gasteiger partial charge in [0.1, 0.15) is 5.82 Å². The highest BCUT2D eigenvalue weighted by atomic mass is 79.9. The molecule has 0 unspecified atom stereocenters. The maximum Gasteiger partial charge on any atom is 0.194 e. The zero-order valence-electron chi connectivity index (χ0n) is 9.89. The van der Waals surface area contributed by atoms with Gasteiger partial charge in [-0.3, -0.25) is 4.79 Å². The second kappa shape index (κ2) is 5.75. The molecule has 0 radical (unpaired) electrons. The number of rotatable bonds is 3. The van der Waals surface area contributed by atoms with Crippen molar-refractivity contribution < 1.29 is 22.4 Å². The summed E-state index contributed by atoms with van der Waals surface area (Å²) >= 11 is 3.13. The van der Waals surface area contributed by atoms with Gasteiger partial charge < -0.3 is 0 Å². The smallest absolute Gasteiger partial charge is 0.194 e. The summed E-state index contributed by atoms with van der Waals surface area (Å²) < 4.78 is 52.9. The maximum atomic E-state index is 13.5. The molecular formula is C14H7BrF4O. The highest BCUT2D eigenvalue weighted by Crippen LogP contribution is 2.19. The lowest BCUT2D eigenvalue weighted by Gasteiger charge is -2.05. The fraction of sp³-hybridized carbons (Fsp3) is 0.0714. The first-order valence-corrected chi connectivity index (χ1v) is 6.29. The number of carbonyl (C=O) groups is 1. The first-order chi connectivity index (χ1) is 9.38. The van der Waals surface area contributed by atoms with Gasteiger partial charge in [-0.2, -0.15) is 0 Å². The van der Waals surface area contributed by atoms with Gasteiger partial charge in [0.05, 0.1) is 0 Å². The van der Waals surface area contributed by atoms with Crippen molar-refractivity contribution in [1.82, 2.24) is 0 Å². The Labute approximate surface area is 120 Å². The van der Waals surface area contributed by atoms with Crippen LogP contribution in [0.5, 0.6) is 0 Å². The van der Waals surface area contributed by atoms with Crippen molar-refractivity contribution in [1.29, 1.82) is 0 Å². The average molecular weight is 347 g/mol. The average Bonchev–Trinajstić information content (AvgIpc) is 2.39. The van der Waals surface area contributed by atoms with Crippen molar-refractivity contribution in [3.8, 4) is 0 Å². The minimum absolute atomic E-state index is 0.0783. The quantitative estimate of drug-likeness (QED) is 0.456. The Kier molecular flexibility index (Phi) is 4.23. The van der Waals surface area contributed by atoms with Crippen LogP contribution in [0.4, 0.5) is 17.6 Å². The fourth-order valence-electron chi connectivity index (χ4n) is 1.67. The molecule has 0 aliphatic rings. The van der Waals surface area contributed by atoms with Crippen molar-refractivity contribution in [3.05, 3.63) is 69.2 Å². The van der Waals surface area contributed by atoms with E-state index in [4.69, 9.17) is 0 Å². The van der Waals surface area contributed by atoms with Crippen LogP contribution in [-0.2, 0) is 6.42 Å². The van der Waals surface area contributed by atoms with Crippen molar-refractivity contribution >= 4 is 21.7 Å². The third kappa shape index (κ3) is 3.07. The fourth-order valence-corrected chi connectivity index (χ4v) is 2.08. The third-order valence-corrected chi connectivity index (χ3v) is 3.16. The summed E-state index contributed by atoms with van der Waals surface area (Å²) in [5.74, 6) is -5.87. The maximum absolute atomic E-state index is 13.5. The molecule has 2 rings (SSSR count). The Bertz CT molecular complexity index is 662. The largest absolute Gasteiger partial charge is 0.294 e. The summed E-state index contributed by atoms with van der Waals surface area (Å²) in [6.45, 7) is 0. The van der Waals surface area contributed by atoms with Gasteiger partial charge >= 0.3 is 0 Å². The van der Waals surface area contributed by atoms with E-state index in [1.807, 2.05) is 0 Å². The summed E-state index contributed by atoms with van der Waals surface area (Å²) in [5.41, 5.74) is -0.268. The number of carbonyl (C=O) groups excluding carboxylic acids is 1.